The van der Waals surface area contributed by atoms with Gasteiger partial charge in [0.2, 0.25) is 0 Å². The number of nitrogens with zero attached hydrogens (tertiary/aromatic N) is 4. The van der Waals surface area contributed by atoms with Crippen LogP contribution in [-0.4, -0.2) is 38.5 Å². The highest BCUT2D eigenvalue weighted by molar-refractivity contribution is 7.03. The lowest BCUT2D eigenvalue weighted by molar-refractivity contribution is 0.320. The van der Waals surface area contributed by atoms with Crippen LogP contribution in [-0.2, 0) is 6.42 Å². The van der Waals surface area contributed by atoms with E-state index >= 15 is 0 Å². The summed E-state index contributed by atoms with van der Waals surface area (Å²) in [6.45, 7) is 3.50. The molecular weight excluding hydrogens is 292 g/mol. The fourth-order valence-electron chi connectivity index (χ4n) is 3.43. The van der Waals surface area contributed by atoms with E-state index in [2.05, 4.69) is 55.4 Å². The van der Waals surface area contributed by atoms with Gasteiger partial charge in [0.1, 0.15) is 11.3 Å². The van der Waals surface area contributed by atoms with Crippen molar-refractivity contribution < 1.29 is 0 Å². The molecule has 0 bridgehead atoms. The Morgan fingerprint density at radius 3 is 3.09 bits per heavy atom. The fourth-order valence-corrected chi connectivity index (χ4v) is 3.90. The van der Waals surface area contributed by atoms with Gasteiger partial charge in [-0.25, -0.2) is 4.98 Å². The molecule has 22 heavy (non-hydrogen) atoms. The zero-order valence-corrected chi connectivity index (χ0v) is 13.4. The molecule has 1 fully saturated rings. The Hall–Kier alpha value is -1.72. The number of benzene rings is 1. The quantitative estimate of drug-likeness (QED) is 0.724. The molecule has 3 heterocycles. The van der Waals surface area contributed by atoms with E-state index in [9.17, 15) is 0 Å². The summed E-state index contributed by atoms with van der Waals surface area (Å²) in [5, 5.41) is 1.34. The van der Waals surface area contributed by atoms with E-state index in [1.165, 1.54) is 35.4 Å². The number of hydrogen-bond acceptors (Lipinski definition) is 4. The molecule has 4 rings (SSSR count). The van der Waals surface area contributed by atoms with Gasteiger partial charge >= 0.3 is 0 Å². The van der Waals surface area contributed by atoms with Crippen LogP contribution in [0, 0.1) is 0 Å². The second-order valence-corrected chi connectivity index (χ2v) is 6.58. The van der Waals surface area contributed by atoms with Crippen molar-refractivity contribution in [2.24, 2.45) is 0 Å². The molecule has 1 saturated heterocycles. The predicted octanol–water partition coefficient (Wildman–Crippen LogP) is 3.37. The van der Waals surface area contributed by atoms with Crippen molar-refractivity contribution >= 4 is 22.4 Å². The smallest absolute Gasteiger partial charge is 0.142 e. The molecule has 1 atom stereocenters. The lowest BCUT2D eigenvalue weighted by Gasteiger charge is -2.17. The minimum Gasteiger partial charge on any atom is -0.343 e. The molecular formula is C17H20N4S. The molecule has 4 nitrogen and oxygen atoms in total. The first-order valence-corrected chi connectivity index (χ1v) is 8.77. The number of aromatic nitrogens is 3. The average molecular weight is 312 g/mol. The van der Waals surface area contributed by atoms with E-state index in [1.807, 2.05) is 5.51 Å². The lowest BCUT2D eigenvalue weighted by Crippen LogP contribution is -2.23. The minimum atomic E-state index is 0.609. The van der Waals surface area contributed by atoms with Crippen LogP contribution in [0.4, 0.5) is 0 Å². The number of para-hydroxylation sites is 1. The molecule has 1 aliphatic rings. The second kappa shape index (κ2) is 6.18. The van der Waals surface area contributed by atoms with E-state index in [1.54, 1.807) is 0 Å². The molecule has 5 heteroatoms. The number of likely N-dealkylation sites (tertiary alicyclic amines) is 1. The first-order chi connectivity index (χ1) is 10.9. The Morgan fingerprint density at radius 2 is 2.18 bits per heavy atom. The molecule has 0 aliphatic carbocycles. The van der Waals surface area contributed by atoms with Crippen molar-refractivity contribution in [1.29, 1.82) is 0 Å². The van der Waals surface area contributed by atoms with Crippen LogP contribution in [0.15, 0.2) is 42.0 Å². The Morgan fingerprint density at radius 1 is 1.23 bits per heavy atom. The lowest BCUT2D eigenvalue weighted by atomic mass is 10.2. The fraction of sp³-hybridized carbons (Fsp3) is 0.412. The van der Waals surface area contributed by atoms with E-state index in [-0.39, 0.29) is 0 Å². The third-order valence-electron chi connectivity index (χ3n) is 4.55. The molecule has 1 unspecified atom stereocenters. The molecule has 0 amide bonds. The highest BCUT2D eigenvalue weighted by Crippen LogP contribution is 2.27. The zero-order valence-electron chi connectivity index (χ0n) is 12.6. The first kappa shape index (κ1) is 13.9. The summed E-state index contributed by atoms with van der Waals surface area (Å²) in [6.07, 6.45) is 5.64. The van der Waals surface area contributed by atoms with Crippen LogP contribution < -0.4 is 0 Å². The molecule has 114 valence electrons. The highest BCUT2D eigenvalue weighted by Gasteiger charge is 2.24. The van der Waals surface area contributed by atoms with Crippen LogP contribution in [0.25, 0.3) is 10.9 Å². The standard InChI is InChI=1S/C17H20N4S/c1-2-5-16-14(4-1)7-11-21(16)15-8-10-20(12-15)9-3-6-17-18-13-22-19-17/h1-2,4-5,7,11,13,15H,3,6,8-10,12H2. The maximum atomic E-state index is 4.28. The summed E-state index contributed by atoms with van der Waals surface area (Å²) >= 11 is 1.44. The van der Waals surface area contributed by atoms with Gasteiger partial charge in [-0.3, -0.25) is 0 Å². The number of rotatable bonds is 5. The Labute approximate surface area is 134 Å². The number of aryl methyl sites for hydroxylation is 1. The van der Waals surface area contributed by atoms with Gasteiger partial charge < -0.3 is 9.47 Å². The van der Waals surface area contributed by atoms with Gasteiger partial charge in [-0.2, -0.15) is 4.37 Å². The van der Waals surface area contributed by atoms with Crippen LogP contribution in [0.2, 0.25) is 0 Å². The van der Waals surface area contributed by atoms with Crippen LogP contribution in [0.3, 0.4) is 0 Å². The summed E-state index contributed by atoms with van der Waals surface area (Å²) in [4.78, 5) is 6.83. The highest BCUT2D eigenvalue weighted by atomic mass is 32.1. The first-order valence-electron chi connectivity index (χ1n) is 7.93. The van der Waals surface area contributed by atoms with Crippen molar-refractivity contribution in [2.75, 3.05) is 19.6 Å². The molecule has 3 aromatic rings. The molecule has 0 spiro atoms. The van der Waals surface area contributed by atoms with Gasteiger partial charge in [0.15, 0.2) is 0 Å². The van der Waals surface area contributed by atoms with Gasteiger partial charge in [-0.15, -0.1) is 0 Å². The zero-order chi connectivity index (χ0) is 14.8. The maximum absolute atomic E-state index is 4.28. The molecule has 0 radical (unpaired) electrons. The van der Waals surface area contributed by atoms with Gasteiger partial charge in [0.05, 0.1) is 0 Å². The monoisotopic (exact) mass is 312 g/mol. The van der Waals surface area contributed by atoms with Crippen molar-refractivity contribution in [2.45, 2.75) is 25.3 Å². The summed E-state index contributed by atoms with van der Waals surface area (Å²) in [5.41, 5.74) is 3.18. The number of hydrogen-bond donors (Lipinski definition) is 0. The average Bonchev–Trinajstić information content (AvgIpc) is 3.27. The summed E-state index contributed by atoms with van der Waals surface area (Å²) < 4.78 is 6.73. The van der Waals surface area contributed by atoms with Gasteiger partial charge in [-0.05, 0) is 48.4 Å². The molecule has 1 aliphatic heterocycles. The predicted molar refractivity (Wildman–Crippen MR) is 90.3 cm³/mol. The Kier molecular flexibility index (Phi) is 3.91. The van der Waals surface area contributed by atoms with Crippen molar-refractivity contribution in [3.8, 4) is 0 Å². The van der Waals surface area contributed by atoms with E-state index < -0.39 is 0 Å². The van der Waals surface area contributed by atoms with Gasteiger partial charge in [0.25, 0.3) is 0 Å². The van der Waals surface area contributed by atoms with Crippen LogP contribution in [0.5, 0.6) is 0 Å². The van der Waals surface area contributed by atoms with Gasteiger partial charge in [-0.1, -0.05) is 18.2 Å². The topological polar surface area (TPSA) is 34.0 Å². The molecule has 0 N–H and O–H groups in total. The third kappa shape index (κ3) is 2.78. The molecule has 1 aromatic carbocycles. The summed E-state index contributed by atoms with van der Waals surface area (Å²) in [6, 6.07) is 11.5. The van der Waals surface area contributed by atoms with Crippen molar-refractivity contribution in [3.05, 3.63) is 47.9 Å². The van der Waals surface area contributed by atoms with Crippen LogP contribution >= 0.6 is 11.5 Å². The second-order valence-electron chi connectivity index (χ2n) is 5.98. The molecule has 0 saturated carbocycles. The van der Waals surface area contributed by atoms with Crippen molar-refractivity contribution in [3.63, 3.8) is 0 Å². The summed E-state index contributed by atoms with van der Waals surface area (Å²) in [5.74, 6) is 0.997. The van der Waals surface area contributed by atoms with Gasteiger partial charge in [0, 0.05) is 37.3 Å². The summed E-state index contributed by atoms with van der Waals surface area (Å²) in [7, 11) is 0. The van der Waals surface area contributed by atoms with Crippen molar-refractivity contribution in [1.82, 2.24) is 18.8 Å². The maximum Gasteiger partial charge on any atom is 0.142 e. The SMILES string of the molecule is c1ccc2c(c1)ccn2C1CCN(CCCc2ncsn2)C1. The Balaban J connectivity index is 1.36. The largest absolute Gasteiger partial charge is 0.343 e. The number of fused-ring (bicyclic) bond motifs is 1. The van der Waals surface area contributed by atoms with E-state index in [4.69, 9.17) is 0 Å². The Bertz CT molecular complexity index is 734. The van der Waals surface area contributed by atoms with Crippen LogP contribution in [0.1, 0.15) is 24.7 Å². The minimum absolute atomic E-state index is 0.609. The van der Waals surface area contributed by atoms with E-state index in [0.717, 1.165) is 31.8 Å². The normalized spacial score (nSPS) is 19.2. The third-order valence-corrected chi connectivity index (χ3v) is 5.07. The molecule has 2 aromatic heterocycles. The van der Waals surface area contributed by atoms with E-state index in [0.29, 0.717) is 6.04 Å².